The molecule has 164 valence electrons. The predicted octanol–water partition coefficient (Wildman–Crippen LogP) is 1.98. The number of ether oxygens (including phenoxy) is 1. The monoisotopic (exact) mass is 415 g/mol. The number of allylic oxidation sites excluding steroid dienone is 2. The van der Waals surface area contributed by atoms with Crippen molar-refractivity contribution in [2.24, 2.45) is 45.2 Å². The van der Waals surface area contributed by atoms with Crippen LogP contribution < -0.4 is 5.73 Å². The molecule has 3 saturated carbocycles. The third kappa shape index (κ3) is 1.99. The number of nitrogens with zero attached hydrogens (tertiary/aromatic N) is 2. The SMILES string of the molecule is CN=C(N)N1C=CC2CCC3C(O)(COC)C(C(=O)O)=C4CC5CCC(C)C43C25C1. The van der Waals surface area contributed by atoms with Crippen LogP contribution in [0.3, 0.4) is 0 Å². The van der Waals surface area contributed by atoms with Crippen molar-refractivity contribution in [3.63, 3.8) is 0 Å². The van der Waals surface area contributed by atoms with E-state index >= 15 is 0 Å². The first kappa shape index (κ1) is 20.1. The molecule has 7 nitrogen and oxygen atoms in total. The maximum atomic E-state index is 12.6. The molecule has 5 aliphatic rings. The molecule has 0 radical (unpaired) electrons. The number of aliphatic imine (C=N–C) groups is 1. The lowest BCUT2D eigenvalue weighted by Gasteiger charge is -2.66. The molecule has 7 heteroatoms. The number of hydrogen-bond acceptors (Lipinski definition) is 4. The van der Waals surface area contributed by atoms with E-state index in [0.29, 0.717) is 23.7 Å². The Morgan fingerprint density at radius 2 is 2.13 bits per heavy atom. The molecule has 0 aromatic carbocycles. The lowest BCUT2D eigenvalue weighted by Crippen LogP contribution is -2.67. The van der Waals surface area contributed by atoms with E-state index in [1.807, 2.05) is 4.90 Å². The lowest BCUT2D eigenvalue weighted by atomic mass is 9.39. The van der Waals surface area contributed by atoms with Gasteiger partial charge in [-0.25, -0.2) is 4.79 Å². The Hall–Kier alpha value is -1.86. The Labute approximate surface area is 177 Å². The molecule has 0 saturated heterocycles. The van der Waals surface area contributed by atoms with Crippen LogP contribution in [-0.2, 0) is 9.53 Å². The van der Waals surface area contributed by atoms with Gasteiger partial charge in [-0.1, -0.05) is 13.0 Å². The summed E-state index contributed by atoms with van der Waals surface area (Å²) in [5, 5.41) is 22.2. The van der Waals surface area contributed by atoms with Crippen LogP contribution in [0.2, 0.25) is 0 Å². The summed E-state index contributed by atoms with van der Waals surface area (Å²) in [5.41, 5.74) is 5.56. The molecule has 2 spiro atoms. The highest BCUT2D eigenvalue weighted by Gasteiger charge is 2.80. The van der Waals surface area contributed by atoms with Crippen molar-refractivity contribution in [3.05, 3.63) is 23.4 Å². The van der Waals surface area contributed by atoms with Gasteiger partial charge in [-0.15, -0.1) is 0 Å². The molecule has 1 aliphatic heterocycles. The van der Waals surface area contributed by atoms with Crippen LogP contribution in [0.1, 0.15) is 39.0 Å². The van der Waals surface area contributed by atoms with E-state index in [4.69, 9.17) is 10.5 Å². The number of rotatable bonds is 3. The molecule has 4 aliphatic carbocycles. The maximum absolute atomic E-state index is 12.6. The minimum atomic E-state index is -1.44. The summed E-state index contributed by atoms with van der Waals surface area (Å²) in [6, 6.07) is 0. The fourth-order valence-electron chi connectivity index (χ4n) is 8.87. The second kappa shape index (κ2) is 6.33. The number of aliphatic hydroxyl groups is 1. The molecule has 0 amide bonds. The van der Waals surface area contributed by atoms with Crippen molar-refractivity contribution < 1.29 is 19.7 Å². The van der Waals surface area contributed by atoms with Gasteiger partial charge in [0.15, 0.2) is 5.96 Å². The zero-order valence-electron chi connectivity index (χ0n) is 18.1. The third-order valence-corrected chi connectivity index (χ3v) is 9.49. The van der Waals surface area contributed by atoms with Gasteiger partial charge < -0.3 is 25.6 Å². The summed E-state index contributed by atoms with van der Waals surface area (Å²) in [6.45, 7) is 3.04. The van der Waals surface area contributed by atoms with E-state index < -0.39 is 11.6 Å². The largest absolute Gasteiger partial charge is 0.478 e. The highest BCUT2D eigenvalue weighted by molar-refractivity contribution is 5.92. The molecule has 30 heavy (non-hydrogen) atoms. The molecule has 3 fully saturated rings. The molecular formula is C23H33N3O4. The van der Waals surface area contributed by atoms with Gasteiger partial charge in [-0.05, 0) is 55.4 Å². The second-order valence-electron chi connectivity index (χ2n) is 10.1. The Morgan fingerprint density at radius 3 is 2.80 bits per heavy atom. The molecule has 0 aromatic heterocycles. The van der Waals surface area contributed by atoms with Crippen LogP contribution in [-0.4, -0.2) is 60.0 Å². The van der Waals surface area contributed by atoms with Gasteiger partial charge in [-0.2, -0.15) is 0 Å². The van der Waals surface area contributed by atoms with Crippen LogP contribution in [0.15, 0.2) is 28.4 Å². The Morgan fingerprint density at radius 1 is 1.37 bits per heavy atom. The molecule has 7 unspecified atom stereocenters. The van der Waals surface area contributed by atoms with Gasteiger partial charge in [-0.3, -0.25) is 4.99 Å². The number of aliphatic carboxylic acids is 1. The molecule has 2 bridgehead atoms. The van der Waals surface area contributed by atoms with Gasteiger partial charge in [0.2, 0.25) is 0 Å². The predicted molar refractivity (Wildman–Crippen MR) is 112 cm³/mol. The van der Waals surface area contributed by atoms with Crippen molar-refractivity contribution in [2.75, 3.05) is 27.3 Å². The van der Waals surface area contributed by atoms with E-state index in [1.165, 1.54) is 0 Å². The van der Waals surface area contributed by atoms with Gasteiger partial charge in [0.25, 0.3) is 0 Å². The summed E-state index contributed by atoms with van der Waals surface area (Å²) in [4.78, 5) is 18.8. The maximum Gasteiger partial charge on any atom is 0.334 e. The standard InChI is InChI=1S/C23H33N3O4/c1-13-4-5-15-10-16-18(19(27)28)22(29,12-30-3)17-7-6-14-8-9-26(20(24)25-2)11-21(14,15)23(13,16)17/h8-9,13-15,17,29H,4-7,10-12H2,1-3H3,(H2,24,25)(H,27,28). The van der Waals surface area contributed by atoms with Gasteiger partial charge in [0, 0.05) is 43.7 Å². The van der Waals surface area contributed by atoms with Crippen molar-refractivity contribution in [2.45, 2.75) is 44.6 Å². The fourth-order valence-corrected chi connectivity index (χ4v) is 8.87. The summed E-state index contributed by atoms with van der Waals surface area (Å²) in [6.07, 6.45) is 9.02. The number of hydrogen-bond donors (Lipinski definition) is 3. The fraction of sp³-hybridized carbons (Fsp3) is 0.739. The summed E-state index contributed by atoms with van der Waals surface area (Å²) >= 11 is 0. The molecule has 1 heterocycles. The average Bonchev–Trinajstić information content (AvgIpc) is 3.05. The van der Waals surface area contributed by atoms with Gasteiger partial charge in [0.1, 0.15) is 5.60 Å². The second-order valence-corrected chi connectivity index (χ2v) is 10.1. The number of carboxylic acid groups (broad SMARTS) is 1. The molecule has 4 N–H and O–H groups in total. The van der Waals surface area contributed by atoms with E-state index in [-0.39, 0.29) is 28.9 Å². The van der Waals surface area contributed by atoms with Gasteiger partial charge in [0.05, 0.1) is 12.2 Å². The van der Waals surface area contributed by atoms with Crippen LogP contribution in [0, 0.1) is 34.5 Å². The van der Waals surface area contributed by atoms with Crippen molar-refractivity contribution in [1.29, 1.82) is 0 Å². The Kier molecular flexibility index (Phi) is 4.23. The number of carbonyl (C=O) groups is 1. The first-order valence-electron chi connectivity index (χ1n) is 11.1. The van der Waals surface area contributed by atoms with Crippen LogP contribution in [0.25, 0.3) is 0 Å². The molecule has 0 aromatic rings. The molecule has 5 rings (SSSR count). The van der Waals surface area contributed by atoms with Crippen LogP contribution >= 0.6 is 0 Å². The number of nitrogens with two attached hydrogens (primary N) is 1. The average molecular weight is 416 g/mol. The normalized spacial score (nSPS) is 46.8. The topological polar surface area (TPSA) is 108 Å². The van der Waals surface area contributed by atoms with Gasteiger partial charge >= 0.3 is 5.97 Å². The summed E-state index contributed by atoms with van der Waals surface area (Å²) in [7, 11) is 3.25. The van der Waals surface area contributed by atoms with E-state index in [1.54, 1.807) is 14.2 Å². The first-order valence-corrected chi connectivity index (χ1v) is 11.1. The van der Waals surface area contributed by atoms with Crippen LogP contribution in [0.4, 0.5) is 0 Å². The Bertz CT molecular complexity index is 882. The number of guanidine groups is 1. The molecular weight excluding hydrogens is 382 g/mol. The summed E-state index contributed by atoms with van der Waals surface area (Å²) in [5.74, 6) is 0.417. The highest BCUT2D eigenvalue weighted by atomic mass is 16.5. The quantitative estimate of drug-likeness (QED) is 0.480. The zero-order chi connectivity index (χ0) is 21.5. The zero-order valence-corrected chi connectivity index (χ0v) is 18.1. The first-order chi connectivity index (χ1) is 14.3. The van der Waals surface area contributed by atoms with Crippen molar-refractivity contribution in [1.82, 2.24) is 4.90 Å². The van der Waals surface area contributed by atoms with Crippen molar-refractivity contribution >= 4 is 11.9 Å². The Balaban J connectivity index is 1.79. The van der Waals surface area contributed by atoms with Crippen molar-refractivity contribution in [3.8, 4) is 0 Å². The number of methoxy groups -OCH3 is 1. The van der Waals surface area contributed by atoms with E-state index in [9.17, 15) is 15.0 Å². The lowest BCUT2D eigenvalue weighted by molar-refractivity contribution is -0.187. The molecule has 7 atom stereocenters. The minimum Gasteiger partial charge on any atom is -0.478 e. The van der Waals surface area contributed by atoms with Crippen LogP contribution in [0.5, 0.6) is 0 Å². The summed E-state index contributed by atoms with van der Waals surface area (Å²) < 4.78 is 5.43. The third-order valence-electron chi connectivity index (χ3n) is 9.49. The number of carboxylic acids is 1. The minimum absolute atomic E-state index is 0.0286. The smallest absolute Gasteiger partial charge is 0.334 e. The van der Waals surface area contributed by atoms with E-state index in [0.717, 1.165) is 44.2 Å². The van der Waals surface area contributed by atoms with E-state index in [2.05, 4.69) is 24.2 Å². The highest BCUT2D eigenvalue weighted by Crippen LogP contribution is 2.81.